The van der Waals surface area contributed by atoms with E-state index < -0.39 is 0 Å². The molecule has 0 aromatic heterocycles. The molecule has 1 aliphatic heterocycles. The van der Waals surface area contributed by atoms with Crippen molar-refractivity contribution in [2.24, 2.45) is 11.3 Å². The van der Waals surface area contributed by atoms with Gasteiger partial charge in [-0.15, -0.1) is 0 Å². The predicted molar refractivity (Wildman–Crippen MR) is 78.9 cm³/mol. The summed E-state index contributed by atoms with van der Waals surface area (Å²) < 4.78 is 0. The maximum absolute atomic E-state index is 3.53. The van der Waals surface area contributed by atoms with Crippen molar-refractivity contribution in [2.75, 3.05) is 33.2 Å². The van der Waals surface area contributed by atoms with Gasteiger partial charge in [0.15, 0.2) is 0 Å². The number of hydrogen-bond donors (Lipinski definition) is 1. The summed E-state index contributed by atoms with van der Waals surface area (Å²) in [5.41, 5.74) is 0.618. The minimum Gasteiger partial charge on any atom is -0.317 e. The molecule has 0 spiro atoms. The molecule has 0 bridgehead atoms. The van der Waals surface area contributed by atoms with Crippen LogP contribution in [0, 0.1) is 11.3 Å². The molecule has 0 radical (unpaired) electrons. The van der Waals surface area contributed by atoms with E-state index in [1.807, 2.05) is 0 Å². The molecule has 18 heavy (non-hydrogen) atoms. The van der Waals surface area contributed by atoms with Gasteiger partial charge >= 0.3 is 0 Å². The Hall–Kier alpha value is -0.0800. The SMILES string of the molecule is CCCC1(CN(C)CC2CCCC2)CCNCC1. The first-order chi connectivity index (χ1) is 8.74. The van der Waals surface area contributed by atoms with Gasteiger partial charge in [0.2, 0.25) is 0 Å². The van der Waals surface area contributed by atoms with E-state index in [1.54, 1.807) is 0 Å². The highest BCUT2D eigenvalue weighted by Crippen LogP contribution is 2.35. The van der Waals surface area contributed by atoms with Crippen LogP contribution in [-0.4, -0.2) is 38.1 Å². The van der Waals surface area contributed by atoms with Crippen LogP contribution < -0.4 is 5.32 Å². The molecule has 106 valence electrons. The fourth-order valence-electron chi connectivity index (χ4n) is 4.25. The Balaban J connectivity index is 1.82. The normalized spacial score (nSPS) is 24.8. The minimum absolute atomic E-state index is 0.618. The monoisotopic (exact) mass is 252 g/mol. The first-order valence-corrected chi connectivity index (χ1v) is 8.13. The van der Waals surface area contributed by atoms with Crippen LogP contribution in [0.25, 0.3) is 0 Å². The lowest BCUT2D eigenvalue weighted by atomic mass is 9.75. The second-order valence-corrected chi connectivity index (χ2v) is 6.85. The topological polar surface area (TPSA) is 15.3 Å². The molecular weight excluding hydrogens is 220 g/mol. The largest absolute Gasteiger partial charge is 0.317 e. The molecule has 0 amide bonds. The van der Waals surface area contributed by atoms with Crippen molar-refractivity contribution < 1.29 is 0 Å². The molecule has 0 unspecified atom stereocenters. The molecule has 1 saturated carbocycles. The number of hydrogen-bond acceptors (Lipinski definition) is 2. The third-order valence-electron chi connectivity index (χ3n) is 5.09. The Bertz CT molecular complexity index is 222. The van der Waals surface area contributed by atoms with E-state index in [1.165, 1.54) is 77.5 Å². The van der Waals surface area contributed by atoms with Crippen LogP contribution in [-0.2, 0) is 0 Å². The lowest BCUT2D eigenvalue weighted by Gasteiger charge is -2.41. The molecule has 1 saturated heterocycles. The van der Waals surface area contributed by atoms with E-state index in [2.05, 4.69) is 24.2 Å². The first-order valence-electron chi connectivity index (χ1n) is 8.13. The molecule has 1 aliphatic carbocycles. The smallest absolute Gasteiger partial charge is 0.00360 e. The van der Waals surface area contributed by atoms with Crippen molar-refractivity contribution in [1.82, 2.24) is 10.2 Å². The summed E-state index contributed by atoms with van der Waals surface area (Å²) >= 11 is 0. The second kappa shape index (κ2) is 6.91. The van der Waals surface area contributed by atoms with Crippen molar-refractivity contribution in [3.05, 3.63) is 0 Å². The fourth-order valence-corrected chi connectivity index (χ4v) is 4.25. The Morgan fingerprint density at radius 3 is 2.44 bits per heavy atom. The Labute approximate surface area is 114 Å². The predicted octanol–water partition coefficient (Wildman–Crippen LogP) is 3.28. The van der Waals surface area contributed by atoms with Gasteiger partial charge in [-0.05, 0) is 63.6 Å². The molecule has 0 atom stereocenters. The first kappa shape index (κ1) is 14.3. The van der Waals surface area contributed by atoms with Gasteiger partial charge in [0.1, 0.15) is 0 Å². The van der Waals surface area contributed by atoms with E-state index in [4.69, 9.17) is 0 Å². The molecule has 1 heterocycles. The zero-order chi connectivity index (χ0) is 12.8. The van der Waals surface area contributed by atoms with Gasteiger partial charge < -0.3 is 10.2 Å². The van der Waals surface area contributed by atoms with Crippen LogP contribution >= 0.6 is 0 Å². The van der Waals surface area contributed by atoms with Crippen LogP contribution in [0.15, 0.2) is 0 Å². The molecule has 2 rings (SSSR count). The highest BCUT2D eigenvalue weighted by molar-refractivity contribution is 4.87. The van der Waals surface area contributed by atoms with Gasteiger partial charge in [-0.1, -0.05) is 26.2 Å². The van der Waals surface area contributed by atoms with Crippen LogP contribution in [0.4, 0.5) is 0 Å². The Kier molecular flexibility index (Phi) is 5.50. The highest BCUT2D eigenvalue weighted by atomic mass is 15.1. The summed E-state index contributed by atoms with van der Waals surface area (Å²) in [5.74, 6) is 0.996. The minimum atomic E-state index is 0.618. The summed E-state index contributed by atoms with van der Waals surface area (Å²) in [4.78, 5) is 2.65. The van der Waals surface area contributed by atoms with Gasteiger partial charge in [-0.2, -0.15) is 0 Å². The fraction of sp³-hybridized carbons (Fsp3) is 1.00. The zero-order valence-corrected chi connectivity index (χ0v) is 12.5. The third kappa shape index (κ3) is 3.96. The summed E-state index contributed by atoms with van der Waals surface area (Å²) in [7, 11) is 2.36. The van der Waals surface area contributed by atoms with Crippen LogP contribution in [0.1, 0.15) is 58.3 Å². The molecule has 2 fully saturated rings. The average Bonchev–Trinajstić information content (AvgIpc) is 2.83. The Morgan fingerprint density at radius 1 is 1.17 bits per heavy atom. The maximum Gasteiger partial charge on any atom is 0.00360 e. The molecule has 0 aromatic rings. The standard InChI is InChI=1S/C16H32N2/c1-3-8-16(9-11-17-12-10-16)14-18(2)13-15-6-4-5-7-15/h15,17H,3-14H2,1-2H3. The van der Waals surface area contributed by atoms with E-state index in [0.29, 0.717) is 5.41 Å². The van der Waals surface area contributed by atoms with Crippen molar-refractivity contribution >= 4 is 0 Å². The zero-order valence-electron chi connectivity index (χ0n) is 12.5. The summed E-state index contributed by atoms with van der Waals surface area (Å²) in [6, 6.07) is 0. The van der Waals surface area contributed by atoms with E-state index >= 15 is 0 Å². The maximum atomic E-state index is 3.53. The van der Waals surface area contributed by atoms with E-state index in [9.17, 15) is 0 Å². The molecule has 2 heteroatoms. The summed E-state index contributed by atoms with van der Waals surface area (Å²) in [6.07, 6.45) is 11.4. The number of nitrogens with one attached hydrogen (secondary N) is 1. The van der Waals surface area contributed by atoms with Gasteiger partial charge in [-0.25, -0.2) is 0 Å². The Morgan fingerprint density at radius 2 is 1.83 bits per heavy atom. The van der Waals surface area contributed by atoms with Crippen molar-refractivity contribution in [3.63, 3.8) is 0 Å². The lowest BCUT2D eigenvalue weighted by molar-refractivity contribution is 0.107. The number of nitrogens with zero attached hydrogens (tertiary/aromatic N) is 1. The van der Waals surface area contributed by atoms with Gasteiger partial charge in [0.05, 0.1) is 0 Å². The number of piperidine rings is 1. The summed E-state index contributed by atoms with van der Waals surface area (Å²) in [5, 5.41) is 3.53. The van der Waals surface area contributed by atoms with Crippen molar-refractivity contribution in [3.8, 4) is 0 Å². The van der Waals surface area contributed by atoms with Gasteiger partial charge in [-0.3, -0.25) is 0 Å². The van der Waals surface area contributed by atoms with Gasteiger partial charge in [0.25, 0.3) is 0 Å². The van der Waals surface area contributed by atoms with Crippen molar-refractivity contribution in [2.45, 2.75) is 58.3 Å². The average molecular weight is 252 g/mol. The second-order valence-electron chi connectivity index (χ2n) is 6.85. The van der Waals surface area contributed by atoms with Crippen LogP contribution in [0.5, 0.6) is 0 Å². The quantitative estimate of drug-likeness (QED) is 0.780. The van der Waals surface area contributed by atoms with E-state index in [0.717, 1.165) is 5.92 Å². The molecule has 2 nitrogen and oxygen atoms in total. The van der Waals surface area contributed by atoms with Crippen LogP contribution in [0.3, 0.4) is 0 Å². The summed E-state index contributed by atoms with van der Waals surface area (Å²) in [6.45, 7) is 7.49. The van der Waals surface area contributed by atoms with Crippen LogP contribution in [0.2, 0.25) is 0 Å². The van der Waals surface area contributed by atoms with Gasteiger partial charge in [0, 0.05) is 13.1 Å². The van der Waals surface area contributed by atoms with E-state index in [-0.39, 0.29) is 0 Å². The third-order valence-corrected chi connectivity index (χ3v) is 5.09. The number of rotatable bonds is 6. The lowest BCUT2D eigenvalue weighted by Crippen LogP contribution is -2.44. The molecule has 0 aromatic carbocycles. The highest BCUT2D eigenvalue weighted by Gasteiger charge is 2.32. The molecule has 1 N–H and O–H groups in total. The van der Waals surface area contributed by atoms with Crippen molar-refractivity contribution in [1.29, 1.82) is 0 Å². The molecule has 2 aliphatic rings. The molecular formula is C16H32N2.